The Morgan fingerprint density at radius 1 is 1.19 bits per heavy atom. The number of rotatable bonds is 9. The van der Waals surface area contributed by atoms with Crippen molar-refractivity contribution in [1.29, 1.82) is 0 Å². The van der Waals surface area contributed by atoms with Crippen molar-refractivity contribution in [2.75, 3.05) is 18.0 Å². The summed E-state index contributed by atoms with van der Waals surface area (Å²) in [4.78, 5) is 26.7. The predicted octanol–water partition coefficient (Wildman–Crippen LogP) is 4.95. The molecule has 0 saturated carbocycles. The fourth-order valence-corrected chi connectivity index (χ4v) is 4.29. The Morgan fingerprint density at radius 3 is 2.61 bits per heavy atom. The van der Waals surface area contributed by atoms with Crippen LogP contribution in [0.1, 0.15) is 53.4 Å². The molecule has 0 spiro atoms. The van der Waals surface area contributed by atoms with E-state index in [-0.39, 0.29) is 24.3 Å². The summed E-state index contributed by atoms with van der Waals surface area (Å²) in [6.45, 7) is 6.30. The first-order chi connectivity index (χ1) is 15.0. The van der Waals surface area contributed by atoms with Crippen LogP contribution in [0, 0.1) is 0 Å². The van der Waals surface area contributed by atoms with Crippen LogP contribution in [0.3, 0.4) is 0 Å². The summed E-state index contributed by atoms with van der Waals surface area (Å²) in [5.41, 5.74) is 7.44. The topological polar surface area (TPSA) is 70.7 Å². The van der Waals surface area contributed by atoms with Gasteiger partial charge >= 0.3 is 0 Å². The van der Waals surface area contributed by atoms with E-state index in [4.69, 9.17) is 4.62 Å². The van der Waals surface area contributed by atoms with Crippen LogP contribution in [0.4, 0.5) is 5.69 Å². The van der Waals surface area contributed by atoms with Crippen LogP contribution in [-0.4, -0.2) is 24.9 Å². The molecule has 8 heteroatoms. The van der Waals surface area contributed by atoms with Crippen molar-refractivity contribution in [1.82, 2.24) is 10.8 Å². The molecule has 6 nitrogen and oxygen atoms in total. The van der Waals surface area contributed by atoms with Crippen LogP contribution in [0.2, 0.25) is 0 Å². The number of fused-ring (bicyclic) bond motifs is 1. The van der Waals surface area contributed by atoms with Crippen molar-refractivity contribution in [2.24, 2.45) is 0 Å². The Morgan fingerprint density at radius 2 is 1.94 bits per heavy atom. The summed E-state index contributed by atoms with van der Waals surface area (Å²) in [6.07, 6.45) is 4.98. The van der Waals surface area contributed by atoms with Crippen molar-refractivity contribution in [3.8, 4) is 0 Å². The minimum absolute atomic E-state index is 0.00401. The second-order valence-electron chi connectivity index (χ2n) is 7.22. The van der Waals surface area contributed by atoms with Crippen molar-refractivity contribution >= 4 is 52.1 Å². The molecular weight excluding hydrogens is 524 g/mol. The molecule has 2 N–H and O–H groups in total. The molecular formula is C23H27IN3O3P. The number of hydrogen-bond acceptors (Lipinski definition) is 4. The average Bonchev–Trinajstić information content (AvgIpc) is 3.19. The lowest BCUT2D eigenvalue weighted by Crippen LogP contribution is -2.27. The molecule has 0 aliphatic heterocycles. The zero-order valence-corrected chi connectivity index (χ0v) is 20.8. The van der Waals surface area contributed by atoms with E-state index in [2.05, 4.69) is 35.6 Å². The fraction of sp³-hybridized carbons (Fsp3) is 0.304. The number of nitrogens with one attached hydrogen (secondary N) is 2. The van der Waals surface area contributed by atoms with E-state index in [0.29, 0.717) is 5.56 Å². The number of aryl methyl sites for hydroxylation is 1. The minimum atomic E-state index is -0.290. The van der Waals surface area contributed by atoms with E-state index >= 15 is 0 Å². The smallest absolute Gasteiger partial charge is 0.267 e. The Balaban J connectivity index is 1.63. The first-order valence-electron chi connectivity index (χ1n) is 10.3. The lowest BCUT2D eigenvalue weighted by Gasteiger charge is -2.21. The summed E-state index contributed by atoms with van der Waals surface area (Å²) in [5.74, 6) is -0.345. The molecule has 31 heavy (non-hydrogen) atoms. The van der Waals surface area contributed by atoms with E-state index in [1.165, 1.54) is 11.6 Å². The van der Waals surface area contributed by atoms with Crippen molar-refractivity contribution < 1.29 is 14.2 Å². The van der Waals surface area contributed by atoms with Crippen LogP contribution in [-0.2, 0) is 15.8 Å². The van der Waals surface area contributed by atoms with E-state index in [1.54, 1.807) is 6.08 Å². The van der Waals surface area contributed by atoms with Crippen LogP contribution in [0.5, 0.6) is 0 Å². The summed E-state index contributed by atoms with van der Waals surface area (Å²) < 4.78 is 4.90. The quantitative estimate of drug-likeness (QED) is 0.200. The van der Waals surface area contributed by atoms with Gasteiger partial charge in [0, 0.05) is 30.4 Å². The Hall–Kier alpha value is -1.96. The third kappa shape index (κ3) is 6.28. The minimum Gasteiger partial charge on any atom is -0.372 e. The van der Waals surface area contributed by atoms with Gasteiger partial charge in [-0.25, -0.2) is 10.1 Å². The van der Waals surface area contributed by atoms with Gasteiger partial charge in [-0.15, -0.1) is 0 Å². The largest absolute Gasteiger partial charge is 0.372 e. The molecule has 2 aromatic carbocycles. The molecule has 1 aliphatic rings. The van der Waals surface area contributed by atoms with Gasteiger partial charge in [-0.05, 0) is 95.8 Å². The van der Waals surface area contributed by atoms with E-state index in [9.17, 15) is 9.59 Å². The van der Waals surface area contributed by atoms with Crippen LogP contribution >= 0.6 is 28.5 Å². The maximum absolute atomic E-state index is 12.8. The van der Waals surface area contributed by atoms with Gasteiger partial charge in [0.15, 0.2) is 0 Å². The first kappa shape index (κ1) is 23.7. The van der Waals surface area contributed by atoms with Gasteiger partial charge < -0.3 is 10.2 Å². The normalized spacial score (nSPS) is 15.4. The molecule has 164 valence electrons. The second-order valence-corrected chi connectivity index (χ2v) is 8.90. The van der Waals surface area contributed by atoms with Crippen molar-refractivity contribution in [3.05, 3.63) is 70.8 Å². The van der Waals surface area contributed by atoms with Gasteiger partial charge in [-0.1, -0.05) is 18.2 Å². The highest BCUT2D eigenvalue weighted by Crippen LogP contribution is 2.32. The molecule has 0 radical (unpaired) electrons. The van der Waals surface area contributed by atoms with E-state index in [1.807, 2.05) is 58.4 Å². The number of hydrogen-bond donors (Lipinski definition) is 2. The summed E-state index contributed by atoms with van der Waals surface area (Å²) >= 11 is 2.04. The highest BCUT2D eigenvalue weighted by Gasteiger charge is 2.24. The molecule has 2 aromatic rings. The first-order valence-corrected chi connectivity index (χ1v) is 14.4. The highest BCUT2D eigenvalue weighted by atomic mass is 127. The molecule has 2 atom stereocenters. The Labute approximate surface area is 198 Å². The highest BCUT2D eigenvalue weighted by molar-refractivity contribution is 14.2. The van der Waals surface area contributed by atoms with Crippen molar-refractivity contribution in [3.63, 3.8) is 0 Å². The Kier molecular flexibility index (Phi) is 8.87. The zero-order chi connectivity index (χ0) is 22.2. The third-order valence-corrected chi connectivity index (χ3v) is 6.27. The molecule has 0 saturated heterocycles. The summed E-state index contributed by atoms with van der Waals surface area (Å²) in [5, 5.41) is 3.17. The van der Waals surface area contributed by atoms with Gasteiger partial charge in [0.25, 0.3) is 11.8 Å². The zero-order valence-electron chi connectivity index (χ0n) is 17.7. The summed E-state index contributed by atoms with van der Waals surface area (Å²) in [7, 11) is 0. The SMILES string of the molecule is CCN(CC)c1ccc(C(=O)NC2CCc3cc(/C=C/C(=O)NOPI)ccc32)cc1. The predicted molar refractivity (Wildman–Crippen MR) is 136 cm³/mol. The molecule has 0 aromatic heterocycles. The number of benzene rings is 2. The second kappa shape index (κ2) is 11.6. The maximum atomic E-state index is 12.8. The standard InChI is InChI=1S/C23H27IN3O3P/c1-3-27(4-2)19-10-7-17(8-11-19)23(29)25-21-13-9-18-15-16(5-12-20(18)21)6-14-22(28)26-30-31-24/h5-8,10-12,14-15,21,31H,3-4,9,13H2,1-2H3,(H,25,29)(H,26,28)/b14-6+. The van der Waals surface area contributed by atoms with Gasteiger partial charge in [0.2, 0.25) is 0 Å². The van der Waals surface area contributed by atoms with Gasteiger partial charge in [0.05, 0.1) is 6.04 Å². The van der Waals surface area contributed by atoms with E-state index in [0.717, 1.165) is 42.7 Å². The molecule has 2 amide bonds. The number of hydroxylamine groups is 1. The van der Waals surface area contributed by atoms with Gasteiger partial charge in [-0.2, -0.15) is 0 Å². The number of carbonyl (C=O) groups excluding carboxylic acids is 2. The third-order valence-electron chi connectivity index (χ3n) is 5.43. The van der Waals surface area contributed by atoms with Gasteiger partial charge in [-0.3, -0.25) is 9.59 Å². The van der Waals surface area contributed by atoms with Crippen LogP contribution in [0.15, 0.2) is 48.5 Å². The molecule has 0 heterocycles. The molecule has 0 bridgehead atoms. The average molecular weight is 551 g/mol. The lowest BCUT2D eigenvalue weighted by molar-refractivity contribution is -0.122. The molecule has 0 fully saturated rings. The van der Waals surface area contributed by atoms with Gasteiger partial charge in [0.1, 0.15) is 6.45 Å². The lowest BCUT2D eigenvalue weighted by atomic mass is 10.0. The molecule has 2 unspecified atom stereocenters. The van der Waals surface area contributed by atoms with Crippen LogP contribution in [0.25, 0.3) is 6.08 Å². The molecule has 1 aliphatic carbocycles. The monoisotopic (exact) mass is 551 g/mol. The number of nitrogens with zero attached hydrogens (tertiary/aromatic N) is 1. The number of carbonyl (C=O) groups is 2. The number of halogens is 1. The maximum Gasteiger partial charge on any atom is 0.267 e. The van der Waals surface area contributed by atoms with Crippen molar-refractivity contribution in [2.45, 2.75) is 32.7 Å². The molecule has 3 rings (SSSR count). The fourth-order valence-electron chi connectivity index (χ4n) is 3.82. The van der Waals surface area contributed by atoms with Crippen LogP contribution < -0.4 is 15.7 Å². The number of amides is 2. The Bertz CT molecular complexity index is 946. The van der Waals surface area contributed by atoms with E-state index < -0.39 is 0 Å². The summed E-state index contributed by atoms with van der Waals surface area (Å²) in [6, 6.07) is 13.9. The number of anilines is 1.